The lowest BCUT2D eigenvalue weighted by Crippen LogP contribution is -2.49. The largest absolute Gasteiger partial charge is 0.347 e. The van der Waals surface area contributed by atoms with Crippen LogP contribution in [0.4, 0.5) is 4.39 Å². The summed E-state index contributed by atoms with van der Waals surface area (Å²) in [5.41, 5.74) is 2.26. The molecule has 1 aliphatic carbocycles. The van der Waals surface area contributed by atoms with E-state index in [4.69, 9.17) is 0 Å². The molecule has 2 aromatic heterocycles. The third-order valence-electron chi connectivity index (χ3n) is 5.99. The van der Waals surface area contributed by atoms with E-state index in [1.165, 1.54) is 29.1 Å². The number of aromatic nitrogens is 3. The molecule has 2 amide bonds. The predicted octanol–water partition coefficient (Wildman–Crippen LogP) is 3.26. The standard InChI is InChI=1S/C28H24FN5O3/c29-20-9-4-6-18(16-20)17-24(25(35)28(37)31-21-11-12-21)32-27(36)22-10-5-14-30-26(22)34-15-13-23(33-34)19-7-2-1-3-8-19/h1-10,13-16,21,24H,11-12,17H2,(H,31,37)(H,32,36)/t24-/m0/s1. The molecule has 1 fully saturated rings. The molecule has 0 aliphatic heterocycles. The average molecular weight is 498 g/mol. The zero-order chi connectivity index (χ0) is 25.8. The van der Waals surface area contributed by atoms with E-state index in [-0.39, 0.29) is 23.8 Å². The summed E-state index contributed by atoms with van der Waals surface area (Å²) in [6.07, 6.45) is 4.81. The number of pyridine rings is 1. The van der Waals surface area contributed by atoms with Crippen LogP contribution in [-0.2, 0) is 16.0 Å². The van der Waals surface area contributed by atoms with Gasteiger partial charge in [-0.1, -0.05) is 42.5 Å². The van der Waals surface area contributed by atoms with Crippen LogP contribution in [0.3, 0.4) is 0 Å². The van der Waals surface area contributed by atoms with Gasteiger partial charge in [0.1, 0.15) is 11.9 Å². The number of nitrogens with zero attached hydrogens (tertiary/aromatic N) is 3. The lowest BCUT2D eigenvalue weighted by Gasteiger charge is -2.18. The summed E-state index contributed by atoms with van der Waals surface area (Å²) >= 11 is 0. The van der Waals surface area contributed by atoms with Gasteiger partial charge in [-0.15, -0.1) is 0 Å². The Kier molecular flexibility index (Phi) is 6.85. The maximum atomic E-state index is 13.8. The molecule has 8 nitrogen and oxygen atoms in total. The Labute approximate surface area is 212 Å². The van der Waals surface area contributed by atoms with Crippen molar-refractivity contribution in [1.29, 1.82) is 0 Å². The molecule has 0 unspecified atom stereocenters. The van der Waals surface area contributed by atoms with Crippen LogP contribution in [0.25, 0.3) is 17.1 Å². The van der Waals surface area contributed by atoms with Crippen molar-refractivity contribution in [2.75, 3.05) is 0 Å². The zero-order valence-corrected chi connectivity index (χ0v) is 19.8. The van der Waals surface area contributed by atoms with E-state index in [9.17, 15) is 18.8 Å². The summed E-state index contributed by atoms with van der Waals surface area (Å²) in [5.74, 6) is -2.37. The van der Waals surface area contributed by atoms with Crippen molar-refractivity contribution < 1.29 is 18.8 Å². The minimum absolute atomic E-state index is 0.0227. The number of benzene rings is 2. The Bertz CT molecular complexity index is 1450. The van der Waals surface area contributed by atoms with Gasteiger partial charge in [0.05, 0.1) is 11.3 Å². The van der Waals surface area contributed by atoms with Gasteiger partial charge in [0.15, 0.2) is 5.82 Å². The normalized spacial score (nSPS) is 13.5. The quantitative estimate of drug-likeness (QED) is 0.345. The fourth-order valence-corrected chi connectivity index (χ4v) is 3.95. The molecule has 0 bridgehead atoms. The summed E-state index contributed by atoms with van der Waals surface area (Å²) in [5, 5.41) is 9.89. The van der Waals surface area contributed by atoms with Crippen molar-refractivity contribution in [3.63, 3.8) is 0 Å². The van der Waals surface area contributed by atoms with Gasteiger partial charge in [-0.2, -0.15) is 5.10 Å². The van der Waals surface area contributed by atoms with Gasteiger partial charge in [0, 0.05) is 30.4 Å². The molecule has 2 aromatic carbocycles. The van der Waals surface area contributed by atoms with E-state index >= 15 is 0 Å². The molecule has 9 heteroatoms. The van der Waals surface area contributed by atoms with Gasteiger partial charge < -0.3 is 10.6 Å². The molecular weight excluding hydrogens is 473 g/mol. The highest BCUT2D eigenvalue weighted by atomic mass is 19.1. The highest BCUT2D eigenvalue weighted by Crippen LogP contribution is 2.20. The first-order chi connectivity index (χ1) is 18.0. The lowest BCUT2D eigenvalue weighted by atomic mass is 10.0. The number of Topliss-reactive ketones (excluding diaryl/α,β-unsaturated/α-hetero) is 1. The van der Waals surface area contributed by atoms with E-state index in [0.717, 1.165) is 18.4 Å². The van der Waals surface area contributed by atoms with Crippen LogP contribution in [0.5, 0.6) is 0 Å². The molecular formula is C28H24FN5O3. The summed E-state index contributed by atoms with van der Waals surface area (Å²) in [6, 6.07) is 19.0. The Morgan fingerprint density at radius 3 is 2.57 bits per heavy atom. The minimum atomic E-state index is -1.20. The number of nitrogens with one attached hydrogen (secondary N) is 2. The molecule has 0 radical (unpaired) electrons. The van der Waals surface area contributed by atoms with Crippen LogP contribution >= 0.6 is 0 Å². The topological polar surface area (TPSA) is 106 Å². The molecule has 37 heavy (non-hydrogen) atoms. The smallest absolute Gasteiger partial charge is 0.289 e. The van der Waals surface area contributed by atoms with Crippen molar-refractivity contribution >= 4 is 17.6 Å². The van der Waals surface area contributed by atoms with Crippen molar-refractivity contribution in [1.82, 2.24) is 25.4 Å². The maximum Gasteiger partial charge on any atom is 0.289 e. The molecule has 4 aromatic rings. The Morgan fingerprint density at radius 2 is 1.81 bits per heavy atom. The van der Waals surface area contributed by atoms with Crippen LogP contribution in [-0.4, -0.2) is 44.4 Å². The van der Waals surface area contributed by atoms with Gasteiger partial charge in [0.2, 0.25) is 5.78 Å². The zero-order valence-electron chi connectivity index (χ0n) is 19.8. The van der Waals surface area contributed by atoms with Gasteiger partial charge in [-0.05, 0) is 48.7 Å². The monoisotopic (exact) mass is 497 g/mol. The summed E-state index contributed by atoms with van der Waals surface area (Å²) in [6.45, 7) is 0. The minimum Gasteiger partial charge on any atom is -0.347 e. The molecule has 0 spiro atoms. The van der Waals surface area contributed by atoms with E-state index in [1.54, 1.807) is 24.4 Å². The van der Waals surface area contributed by atoms with Crippen LogP contribution in [0.2, 0.25) is 0 Å². The Morgan fingerprint density at radius 1 is 1.00 bits per heavy atom. The fourth-order valence-electron chi connectivity index (χ4n) is 3.95. The number of hydrogen-bond donors (Lipinski definition) is 2. The Balaban J connectivity index is 1.41. The molecule has 5 rings (SSSR count). The molecule has 0 saturated heterocycles. The van der Waals surface area contributed by atoms with Crippen LogP contribution in [0.15, 0.2) is 85.2 Å². The van der Waals surface area contributed by atoms with E-state index in [2.05, 4.69) is 20.7 Å². The lowest BCUT2D eigenvalue weighted by molar-refractivity contribution is -0.139. The van der Waals surface area contributed by atoms with Crippen molar-refractivity contribution in [3.05, 3.63) is 102 Å². The van der Waals surface area contributed by atoms with Gasteiger partial charge >= 0.3 is 0 Å². The molecule has 2 heterocycles. The molecule has 186 valence electrons. The van der Waals surface area contributed by atoms with E-state index in [1.807, 2.05) is 36.4 Å². The highest BCUT2D eigenvalue weighted by Gasteiger charge is 2.32. The summed E-state index contributed by atoms with van der Waals surface area (Å²) < 4.78 is 15.3. The molecule has 2 N–H and O–H groups in total. The second kappa shape index (κ2) is 10.5. The molecule has 1 atom stereocenters. The molecule has 1 aliphatic rings. The number of hydrogen-bond acceptors (Lipinski definition) is 5. The van der Waals surface area contributed by atoms with Crippen molar-refractivity contribution in [2.24, 2.45) is 0 Å². The Hall–Kier alpha value is -4.66. The van der Waals surface area contributed by atoms with E-state index < -0.39 is 29.5 Å². The average Bonchev–Trinajstić information content (AvgIpc) is 3.59. The predicted molar refractivity (Wildman–Crippen MR) is 134 cm³/mol. The van der Waals surface area contributed by atoms with Crippen LogP contribution in [0.1, 0.15) is 28.8 Å². The number of carbonyl (C=O) groups excluding carboxylic acids is 3. The van der Waals surface area contributed by atoms with Crippen LogP contribution < -0.4 is 10.6 Å². The van der Waals surface area contributed by atoms with Gasteiger partial charge in [-0.25, -0.2) is 14.1 Å². The first-order valence-corrected chi connectivity index (χ1v) is 11.9. The number of halogens is 1. The highest BCUT2D eigenvalue weighted by molar-refractivity contribution is 6.38. The summed E-state index contributed by atoms with van der Waals surface area (Å²) in [7, 11) is 0. The molecule has 1 saturated carbocycles. The van der Waals surface area contributed by atoms with E-state index in [0.29, 0.717) is 11.3 Å². The number of rotatable bonds is 9. The first-order valence-electron chi connectivity index (χ1n) is 11.9. The SMILES string of the molecule is O=C(NC1CC1)C(=O)[C@H](Cc1cccc(F)c1)NC(=O)c1cccnc1-n1ccc(-c2ccccc2)n1. The number of ketones is 1. The van der Waals surface area contributed by atoms with Gasteiger partial charge in [0.25, 0.3) is 11.8 Å². The third kappa shape index (κ3) is 5.78. The third-order valence-corrected chi connectivity index (χ3v) is 5.99. The fraction of sp³-hybridized carbons (Fsp3) is 0.179. The first kappa shape index (κ1) is 24.1. The van der Waals surface area contributed by atoms with Crippen molar-refractivity contribution in [3.8, 4) is 17.1 Å². The number of carbonyl (C=O) groups is 3. The van der Waals surface area contributed by atoms with Crippen molar-refractivity contribution in [2.45, 2.75) is 31.3 Å². The van der Waals surface area contributed by atoms with Gasteiger partial charge in [-0.3, -0.25) is 14.4 Å². The summed E-state index contributed by atoms with van der Waals surface area (Å²) in [4.78, 5) is 43.3. The second-order valence-electron chi connectivity index (χ2n) is 8.86. The second-order valence-corrected chi connectivity index (χ2v) is 8.86. The maximum absolute atomic E-state index is 13.8. The van der Waals surface area contributed by atoms with Crippen LogP contribution in [0, 0.1) is 5.82 Å². The number of amides is 2.